The molecule has 1 rings (SSSR count). The fourth-order valence-corrected chi connectivity index (χ4v) is 2.25. The van der Waals surface area contributed by atoms with Crippen LogP contribution in [0, 0.1) is 0 Å². The van der Waals surface area contributed by atoms with Crippen molar-refractivity contribution in [2.24, 2.45) is 0 Å². The van der Waals surface area contributed by atoms with E-state index in [0.29, 0.717) is 30.3 Å². The van der Waals surface area contributed by atoms with Crippen LogP contribution in [0.2, 0.25) is 0 Å². The van der Waals surface area contributed by atoms with Gasteiger partial charge in [-0.3, -0.25) is 4.21 Å². The first-order valence-corrected chi connectivity index (χ1v) is 8.97. The maximum atomic E-state index is 11.1. The first-order valence-electron chi connectivity index (χ1n) is 7.24. The maximum Gasteiger partial charge on any atom is 0.323 e. The molecule has 1 heterocycles. The summed E-state index contributed by atoms with van der Waals surface area (Å²) in [6.45, 7) is 7.26. The molecule has 0 aliphatic heterocycles. The van der Waals surface area contributed by atoms with Gasteiger partial charge in [-0.1, -0.05) is 6.92 Å². The van der Waals surface area contributed by atoms with Crippen LogP contribution in [0.4, 0.5) is 11.9 Å². The average molecular weight is 315 g/mol. The highest BCUT2D eigenvalue weighted by Gasteiger charge is 2.10. The smallest absolute Gasteiger partial charge is 0.323 e. The van der Waals surface area contributed by atoms with Crippen molar-refractivity contribution in [1.82, 2.24) is 15.0 Å². The number of nitrogens with one attached hydrogen (secondary N) is 2. The lowest BCUT2D eigenvalue weighted by Crippen LogP contribution is -2.20. The molecule has 0 saturated carbocycles. The van der Waals surface area contributed by atoms with Gasteiger partial charge in [-0.05, 0) is 26.7 Å². The molecule has 1 aromatic heterocycles. The van der Waals surface area contributed by atoms with E-state index in [4.69, 9.17) is 4.74 Å². The van der Waals surface area contributed by atoms with Gasteiger partial charge in [0.1, 0.15) is 0 Å². The number of ether oxygens (including phenoxy) is 1. The van der Waals surface area contributed by atoms with E-state index in [1.807, 2.05) is 13.8 Å². The van der Waals surface area contributed by atoms with Crippen LogP contribution >= 0.6 is 0 Å². The fourth-order valence-electron chi connectivity index (χ4n) is 1.57. The molecule has 0 aliphatic carbocycles. The minimum absolute atomic E-state index is 0.129. The molecule has 0 bridgehead atoms. The molecule has 8 heteroatoms. The Morgan fingerprint density at radius 2 is 1.95 bits per heavy atom. The summed E-state index contributed by atoms with van der Waals surface area (Å²) in [4.78, 5) is 12.7. The van der Waals surface area contributed by atoms with Gasteiger partial charge in [0, 0.05) is 35.4 Å². The van der Waals surface area contributed by atoms with Crippen LogP contribution < -0.4 is 15.4 Å². The molecule has 0 aliphatic rings. The van der Waals surface area contributed by atoms with Gasteiger partial charge in [0.15, 0.2) is 0 Å². The number of nitrogens with zero attached hydrogens (tertiary/aromatic N) is 3. The summed E-state index contributed by atoms with van der Waals surface area (Å²) in [5.74, 6) is 1.63. The molecule has 2 unspecified atom stereocenters. The van der Waals surface area contributed by atoms with Crippen molar-refractivity contribution >= 4 is 22.7 Å². The van der Waals surface area contributed by atoms with Gasteiger partial charge in [0.25, 0.3) is 0 Å². The summed E-state index contributed by atoms with van der Waals surface area (Å²) >= 11 is 0. The van der Waals surface area contributed by atoms with Crippen LogP contribution in [0.3, 0.4) is 0 Å². The first kappa shape index (κ1) is 17.6. The normalized spacial score (nSPS) is 13.5. The Morgan fingerprint density at radius 1 is 1.24 bits per heavy atom. The topological polar surface area (TPSA) is 89.0 Å². The van der Waals surface area contributed by atoms with Crippen molar-refractivity contribution in [2.45, 2.75) is 39.7 Å². The zero-order valence-electron chi connectivity index (χ0n) is 13.2. The third kappa shape index (κ3) is 7.22. The summed E-state index contributed by atoms with van der Waals surface area (Å²) in [7, 11) is -0.790. The Labute approximate surface area is 128 Å². The van der Waals surface area contributed by atoms with E-state index in [2.05, 4.69) is 32.5 Å². The van der Waals surface area contributed by atoms with Gasteiger partial charge in [0.05, 0.1) is 6.61 Å². The molecule has 2 N–H and O–H groups in total. The monoisotopic (exact) mass is 315 g/mol. The molecule has 0 saturated heterocycles. The molecule has 7 nitrogen and oxygen atoms in total. The molecule has 0 amide bonds. The Balaban J connectivity index is 2.73. The Hall–Kier alpha value is -1.44. The van der Waals surface area contributed by atoms with Crippen molar-refractivity contribution in [3.05, 3.63) is 0 Å². The highest BCUT2D eigenvalue weighted by Crippen LogP contribution is 2.13. The number of hydrogen-bond donors (Lipinski definition) is 2. The van der Waals surface area contributed by atoms with Crippen molar-refractivity contribution < 1.29 is 8.95 Å². The van der Waals surface area contributed by atoms with E-state index in [1.54, 1.807) is 6.26 Å². The zero-order chi connectivity index (χ0) is 15.7. The van der Waals surface area contributed by atoms with E-state index in [-0.39, 0.29) is 6.04 Å². The summed E-state index contributed by atoms with van der Waals surface area (Å²) in [6, 6.07) is 0.435. The summed E-state index contributed by atoms with van der Waals surface area (Å²) in [5.41, 5.74) is 0. The van der Waals surface area contributed by atoms with Crippen molar-refractivity contribution in [2.75, 3.05) is 35.8 Å². The standard InChI is InChI=1S/C13H25N5O2S/c1-5-8-14-11-16-12(18-13(17-11)20-6-2)15-10(3)7-9-21(4)19/h10H,5-9H2,1-4H3,(H2,14,15,16,17,18). The van der Waals surface area contributed by atoms with Gasteiger partial charge in [0.2, 0.25) is 11.9 Å². The van der Waals surface area contributed by atoms with Gasteiger partial charge >= 0.3 is 6.01 Å². The molecular weight excluding hydrogens is 290 g/mol. The quantitative estimate of drug-likeness (QED) is 0.678. The van der Waals surface area contributed by atoms with Crippen LogP contribution in [0.5, 0.6) is 6.01 Å². The number of hydrogen-bond acceptors (Lipinski definition) is 7. The van der Waals surface area contributed by atoms with Crippen LogP contribution in [-0.2, 0) is 10.8 Å². The van der Waals surface area contributed by atoms with Crippen molar-refractivity contribution in [1.29, 1.82) is 0 Å². The zero-order valence-corrected chi connectivity index (χ0v) is 14.0. The molecular formula is C13H25N5O2S. The number of aromatic nitrogens is 3. The minimum atomic E-state index is -0.790. The third-order valence-electron chi connectivity index (χ3n) is 2.64. The maximum absolute atomic E-state index is 11.1. The number of rotatable bonds is 10. The van der Waals surface area contributed by atoms with Gasteiger partial charge in [-0.2, -0.15) is 15.0 Å². The molecule has 2 atom stereocenters. The molecule has 0 radical (unpaired) electrons. The second-order valence-corrected chi connectivity index (χ2v) is 6.29. The Bertz CT molecular complexity index is 458. The van der Waals surface area contributed by atoms with Gasteiger partial charge in [-0.15, -0.1) is 0 Å². The molecule has 0 aromatic carbocycles. The van der Waals surface area contributed by atoms with E-state index in [9.17, 15) is 4.21 Å². The highest BCUT2D eigenvalue weighted by molar-refractivity contribution is 7.84. The summed E-state index contributed by atoms with van der Waals surface area (Å²) in [5, 5.41) is 6.32. The van der Waals surface area contributed by atoms with E-state index in [1.165, 1.54) is 0 Å². The molecule has 0 spiro atoms. The first-order chi connectivity index (χ1) is 10.0. The second-order valence-electron chi connectivity index (χ2n) is 4.74. The van der Waals surface area contributed by atoms with Gasteiger partial charge < -0.3 is 15.4 Å². The predicted octanol–water partition coefficient (Wildman–Crippen LogP) is 1.66. The number of anilines is 2. The predicted molar refractivity (Wildman–Crippen MR) is 86.4 cm³/mol. The lowest BCUT2D eigenvalue weighted by atomic mass is 10.3. The van der Waals surface area contributed by atoms with Crippen LogP contribution in [0.15, 0.2) is 0 Å². The van der Waals surface area contributed by atoms with Crippen LogP contribution in [-0.4, -0.2) is 50.4 Å². The molecule has 120 valence electrons. The van der Waals surface area contributed by atoms with Crippen molar-refractivity contribution in [3.8, 4) is 6.01 Å². The second kappa shape index (κ2) is 9.49. The molecule has 0 fully saturated rings. The van der Waals surface area contributed by atoms with Crippen LogP contribution in [0.25, 0.3) is 0 Å². The lowest BCUT2D eigenvalue weighted by Gasteiger charge is -2.14. The molecule has 21 heavy (non-hydrogen) atoms. The van der Waals surface area contributed by atoms with E-state index in [0.717, 1.165) is 19.4 Å². The van der Waals surface area contributed by atoms with E-state index >= 15 is 0 Å². The average Bonchev–Trinajstić information content (AvgIpc) is 2.43. The lowest BCUT2D eigenvalue weighted by molar-refractivity contribution is 0.312. The van der Waals surface area contributed by atoms with Gasteiger partial charge in [-0.25, -0.2) is 0 Å². The largest absolute Gasteiger partial charge is 0.464 e. The van der Waals surface area contributed by atoms with Crippen LogP contribution in [0.1, 0.15) is 33.6 Å². The highest BCUT2D eigenvalue weighted by atomic mass is 32.2. The molecule has 1 aromatic rings. The minimum Gasteiger partial charge on any atom is -0.464 e. The van der Waals surface area contributed by atoms with Crippen molar-refractivity contribution in [3.63, 3.8) is 0 Å². The summed E-state index contributed by atoms with van der Waals surface area (Å²) in [6.07, 6.45) is 3.48. The third-order valence-corrected chi connectivity index (χ3v) is 3.45. The fraction of sp³-hybridized carbons (Fsp3) is 0.769. The SMILES string of the molecule is CCCNc1nc(NC(C)CCS(C)=O)nc(OCC)n1. The Kier molecular flexibility index (Phi) is 7.96. The summed E-state index contributed by atoms with van der Waals surface area (Å²) < 4.78 is 16.5. The Morgan fingerprint density at radius 3 is 2.57 bits per heavy atom. The van der Waals surface area contributed by atoms with E-state index < -0.39 is 10.8 Å².